The first kappa shape index (κ1) is 18.0. The molecule has 0 spiro atoms. The summed E-state index contributed by atoms with van der Waals surface area (Å²) < 4.78 is 10.7. The maximum atomic E-state index is 12.2. The van der Waals surface area contributed by atoms with Crippen molar-refractivity contribution in [1.29, 1.82) is 0 Å². The van der Waals surface area contributed by atoms with Crippen LogP contribution in [0.2, 0.25) is 0 Å². The van der Waals surface area contributed by atoms with Crippen molar-refractivity contribution < 1.29 is 18.7 Å². The first-order valence-corrected chi connectivity index (χ1v) is 9.06. The number of urea groups is 1. The molecule has 2 amide bonds. The molecule has 1 aromatic heterocycles. The van der Waals surface area contributed by atoms with Gasteiger partial charge in [0.1, 0.15) is 0 Å². The standard InChI is InChI=1S/C17H18N4O4S/c1-3-24-15(22)13-10(2)18-16(23)19-12(13)9-26-17-21-20-14(25-17)11-7-5-4-6-8-11/h4-8,10H,3,9H2,1-2H3,(H2,18,19,23)/t10-/m1/s1. The third kappa shape index (κ3) is 4.05. The third-order valence-corrected chi connectivity index (χ3v) is 4.48. The van der Waals surface area contributed by atoms with Crippen molar-refractivity contribution >= 4 is 23.8 Å². The topological polar surface area (TPSA) is 106 Å². The van der Waals surface area contributed by atoms with Crippen LogP contribution in [-0.2, 0) is 9.53 Å². The van der Waals surface area contributed by atoms with Crippen molar-refractivity contribution in [2.75, 3.05) is 12.4 Å². The molecule has 9 heteroatoms. The number of carbonyl (C=O) groups is 2. The average molecular weight is 374 g/mol. The van der Waals surface area contributed by atoms with Crippen LogP contribution in [0, 0.1) is 0 Å². The molecule has 0 fully saturated rings. The Bertz CT molecular complexity index is 834. The Kier molecular flexibility index (Phi) is 5.57. The van der Waals surface area contributed by atoms with Crippen molar-refractivity contribution in [3.05, 3.63) is 41.6 Å². The Morgan fingerprint density at radius 1 is 1.31 bits per heavy atom. The van der Waals surface area contributed by atoms with Gasteiger partial charge in [0.25, 0.3) is 5.22 Å². The molecule has 0 aliphatic carbocycles. The number of esters is 1. The lowest BCUT2D eigenvalue weighted by molar-refractivity contribution is -0.138. The van der Waals surface area contributed by atoms with E-state index in [-0.39, 0.29) is 12.6 Å². The Balaban J connectivity index is 1.76. The number of hydrogen-bond donors (Lipinski definition) is 2. The summed E-state index contributed by atoms with van der Waals surface area (Å²) >= 11 is 1.24. The van der Waals surface area contributed by atoms with Crippen LogP contribution in [0.1, 0.15) is 13.8 Å². The van der Waals surface area contributed by atoms with Crippen LogP contribution >= 0.6 is 11.8 Å². The normalized spacial score (nSPS) is 16.8. The smallest absolute Gasteiger partial charge is 0.337 e. The van der Waals surface area contributed by atoms with Crippen molar-refractivity contribution in [1.82, 2.24) is 20.8 Å². The highest BCUT2D eigenvalue weighted by molar-refractivity contribution is 7.99. The van der Waals surface area contributed by atoms with E-state index in [9.17, 15) is 9.59 Å². The summed E-state index contributed by atoms with van der Waals surface area (Å²) in [6.45, 7) is 3.72. The van der Waals surface area contributed by atoms with Crippen LogP contribution in [0.5, 0.6) is 0 Å². The number of thioether (sulfide) groups is 1. The monoisotopic (exact) mass is 374 g/mol. The van der Waals surface area contributed by atoms with E-state index < -0.39 is 12.0 Å². The molecule has 1 aromatic carbocycles. The molecule has 0 saturated heterocycles. The van der Waals surface area contributed by atoms with Gasteiger partial charge in [0, 0.05) is 17.0 Å². The zero-order chi connectivity index (χ0) is 18.5. The molecule has 1 aliphatic rings. The first-order valence-electron chi connectivity index (χ1n) is 8.08. The molecule has 26 heavy (non-hydrogen) atoms. The van der Waals surface area contributed by atoms with Crippen LogP contribution in [0.25, 0.3) is 11.5 Å². The van der Waals surface area contributed by atoms with Crippen LogP contribution in [0.15, 0.2) is 51.2 Å². The van der Waals surface area contributed by atoms with E-state index in [0.717, 1.165) is 5.56 Å². The maximum Gasteiger partial charge on any atom is 0.337 e. The Labute approximate surface area is 154 Å². The first-order chi connectivity index (χ1) is 12.6. The fourth-order valence-electron chi connectivity index (χ4n) is 2.49. The van der Waals surface area contributed by atoms with Crippen LogP contribution in [-0.4, -0.2) is 40.6 Å². The molecule has 3 rings (SSSR count). The molecule has 2 aromatic rings. The van der Waals surface area contributed by atoms with Crippen molar-refractivity contribution in [2.45, 2.75) is 25.1 Å². The number of rotatable bonds is 6. The molecule has 0 radical (unpaired) electrons. The molecule has 2 N–H and O–H groups in total. The number of benzene rings is 1. The van der Waals surface area contributed by atoms with Gasteiger partial charge in [-0.25, -0.2) is 9.59 Å². The van der Waals surface area contributed by atoms with Gasteiger partial charge in [0.2, 0.25) is 5.89 Å². The second-order valence-electron chi connectivity index (χ2n) is 5.46. The van der Waals surface area contributed by atoms with E-state index in [1.54, 1.807) is 13.8 Å². The average Bonchev–Trinajstić information content (AvgIpc) is 3.09. The largest absolute Gasteiger partial charge is 0.463 e. The number of nitrogens with zero attached hydrogens (tertiary/aromatic N) is 2. The summed E-state index contributed by atoms with van der Waals surface area (Å²) in [4.78, 5) is 23.9. The number of carbonyl (C=O) groups excluding carboxylic acids is 2. The van der Waals surface area contributed by atoms with Crippen molar-refractivity contribution in [2.24, 2.45) is 0 Å². The van der Waals surface area contributed by atoms with Gasteiger partial charge < -0.3 is 19.8 Å². The lowest BCUT2D eigenvalue weighted by atomic mass is 10.1. The van der Waals surface area contributed by atoms with Crippen LogP contribution < -0.4 is 10.6 Å². The van der Waals surface area contributed by atoms with E-state index >= 15 is 0 Å². The van der Waals surface area contributed by atoms with E-state index in [2.05, 4.69) is 20.8 Å². The van der Waals surface area contributed by atoms with Crippen LogP contribution in [0.3, 0.4) is 0 Å². The summed E-state index contributed by atoms with van der Waals surface area (Å²) in [6.07, 6.45) is 0. The molecule has 1 atom stereocenters. The fourth-order valence-corrected chi connectivity index (χ4v) is 3.22. The molecule has 2 heterocycles. The molecular weight excluding hydrogens is 356 g/mol. The minimum Gasteiger partial charge on any atom is -0.463 e. The predicted molar refractivity (Wildman–Crippen MR) is 95.2 cm³/mol. The highest BCUT2D eigenvalue weighted by atomic mass is 32.2. The highest BCUT2D eigenvalue weighted by Gasteiger charge is 2.29. The lowest BCUT2D eigenvalue weighted by Gasteiger charge is -2.26. The zero-order valence-electron chi connectivity index (χ0n) is 14.3. The Morgan fingerprint density at radius 3 is 2.81 bits per heavy atom. The van der Waals surface area contributed by atoms with E-state index in [0.29, 0.717) is 28.1 Å². The maximum absolute atomic E-state index is 12.2. The molecular formula is C17H18N4O4S. The fraction of sp³-hybridized carbons (Fsp3) is 0.294. The van der Waals surface area contributed by atoms with Gasteiger partial charge in [0.05, 0.1) is 18.2 Å². The number of nitrogens with one attached hydrogen (secondary N) is 2. The predicted octanol–water partition coefficient (Wildman–Crippen LogP) is 2.35. The second kappa shape index (κ2) is 8.05. The van der Waals surface area contributed by atoms with Gasteiger partial charge in [0.15, 0.2) is 0 Å². The molecule has 8 nitrogen and oxygen atoms in total. The number of ether oxygens (including phenoxy) is 1. The molecule has 0 bridgehead atoms. The summed E-state index contributed by atoms with van der Waals surface area (Å²) in [7, 11) is 0. The number of aromatic nitrogens is 2. The summed E-state index contributed by atoms with van der Waals surface area (Å²) in [5.74, 6) is 0.247. The zero-order valence-corrected chi connectivity index (χ0v) is 15.1. The van der Waals surface area contributed by atoms with Gasteiger partial charge in [-0.1, -0.05) is 30.0 Å². The minimum atomic E-state index is -0.460. The van der Waals surface area contributed by atoms with Crippen molar-refractivity contribution in [3.63, 3.8) is 0 Å². The number of amides is 2. The van der Waals surface area contributed by atoms with Gasteiger partial charge in [-0.3, -0.25) is 0 Å². The van der Waals surface area contributed by atoms with Crippen LogP contribution in [0.4, 0.5) is 4.79 Å². The number of hydrogen-bond acceptors (Lipinski definition) is 7. The Morgan fingerprint density at radius 2 is 2.08 bits per heavy atom. The third-order valence-electron chi connectivity index (χ3n) is 3.63. The summed E-state index contributed by atoms with van der Waals surface area (Å²) in [5, 5.41) is 13.7. The molecule has 0 unspecified atom stereocenters. The lowest BCUT2D eigenvalue weighted by Crippen LogP contribution is -2.49. The Hall–Kier alpha value is -2.81. The SMILES string of the molecule is CCOC(=O)C1=C(CSc2nnc(-c3ccccc3)o2)NC(=O)N[C@@H]1C. The van der Waals surface area contributed by atoms with E-state index in [1.807, 2.05) is 30.3 Å². The van der Waals surface area contributed by atoms with Gasteiger partial charge in [-0.05, 0) is 26.0 Å². The summed E-state index contributed by atoms with van der Waals surface area (Å²) in [5.41, 5.74) is 1.69. The second-order valence-corrected chi connectivity index (χ2v) is 6.39. The minimum absolute atomic E-state index is 0.257. The molecule has 136 valence electrons. The quantitative estimate of drug-likeness (QED) is 0.590. The van der Waals surface area contributed by atoms with Gasteiger partial charge in [-0.15, -0.1) is 10.2 Å². The molecule has 0 saturated carbocycles. The van der Waals surface area contributed by atoms with E-state index in [1.165, 1.54) is 11.8 Å². The molecule has 1 aliphatic heterocycles. The van der Waals surface area contributed by atoms with Gasteiger partial charge in [-0.2, -0.15) is 0 Å². The van der Waals surface area contributed by atoms with Crippen molar-refractivity contribution in [3.8, 4) is 11.5 Å². The van der Waals surface area contributed by atoms with Gasteiger partial charge >= 0.3 is 12.0 Å². The van der Waals surface area contributed by atoms with E-state index in [4.69, 9.17) is 9.15 Å². The summed E-state index contributed by atoms with van der Waals surface area (Å²) in [6, 6.07) is 8.61. The highest BCUT2D eigenvalue weighted by Crippen LogP contribution is 2.26.